The number of aromatic nitrogens is 1. The Morgan fingerprint density at radius 2 is 2.12 bits per heavy atom. The summed E-state index contributed by atoms with van der Waals surface area (Å²) in [5, 5.41) is 6.88. The van der Waals surface area contributed by atoms with Crippen LogP contribution in [0, 0.1) is 12.3 Å². The minimum Gasteiger partial charge on any atom is -0.317 e. The molecule has 3 heteroatoms. The average Bonchev–Trinajstić information content (AvgIpc) is 2.58. The highest BCUT2D eigenvalue weighted by Gasteiger charge is 2.19. The van der Waals surface area contributed by atoms with Crippen LogP contribution in [-0.4, -0.2) is 18.1 Å². The average molecular weight is 240 g/mol. The van der Waals surface area contributed by atoms with Gasteiger partial charge in [-0.2, -0.15) is 0 Å². The first-order chi connectivity index (χ1) is 7.53. The van der Waals surface area contributed by atoms with Gasteiger partial charge in [0, 0.05) is 17.5 Å². The smallest absolute Gasteiger partial charge is 0.0933 e. The number of aryl methyl sites for hydroxylation is 1. The number of rotatable bonds is 7. The van der Waals surface area contributed by atoms with Crippen molar-refractivity contribution in [1.82, 2.24) is 10.3 Å². The minimum atomic E-state index is 0.352. The molecule has 1 aromatic heterocycles. The number of nitrogens with zero attached hydrogens (tertiary/aromatic N) is 1. The third-order valence-corrected chi connectivity index (χ3v) is 3.67. The van der Waals surface area contributed by atoms with Crippen LogP contribution >= 0.6 is 11.3 Å². The second-order valence-corrected chi connectivity index (χ2v) is 6.17. The zero-order valence-corrected chi connectivity index (χ0v) is 11.8. The van der Waals surface area contributed by atoms with Crippen molar-refractivity contribution in [3.63, 3.8) is 0 Å². The van der Waals surface area contributed by atoms with Gasteiger partial charge in [-0.25, -0.2) is 4.98 Å². The van der Waals surface area contributed by atoms with Crippen LogP contribution in [0.1, 0.15) is 44.3 Å². The summed E-state index contributed by atoms with van der Waals surface area (Å²) < 4.78 is 0. The Bertz CT molecular complexity index is 305. The van der Waals surface area contributed by atoms with E-state index in [-0.39, 0.29) is 0 Å². The summed E-state index contributed by atoms with van der Waals surface area (Å²) >= 11 is 1.79. The lowest BCUT2D eigenvalue weighted by Crippen LogP contribution is -2.24. The largest absolute Gasteiger partial charge is 0.317 e. The highest BCUT2D eigenvalue weighted by Crippen LogP contribution is 2.26. The Labute approximate surface area is 103 Å². The normalized spacial score (nSPS) is 12.0. The van der Waals surface area contributed by atoms with E-state index in [0.29, 0.717) is 5.41 Å². The van der Waals surface area contributed by atoms with Crippen molar-refractivity contribution < 1.29 is 0 Å². The first-order valence-electron chi connectivity index (χ1n) is 6.15. The summed E-state index contributed by atoms with van der Waals surface area (Å²) in [6, 6.07) is 0. The fourth-order valence-corrected chi connectivity index (χ4v) is 2.74. The highest BCUT2D eigenvalue weighted by atomic mass is 32.1. The highest BCUT2D eigenvalue weighted by molar-refractivity contribution is 7.09. The van der Waals surface area contributed by atoms with E-state index in [1.165, 1.54) is 17.8 Å². The van der Waals surface area contributed by atoms with Gasteiger partial charge in [0.2, 0.25) is 0 Å². The van der Waals surface area contributed by atoms with Gasteiger partial charge in [0.1, 0.15) is 0 Å². The lowest BCUT2D eigenvalue weighted by molar-refractivity contribution is 0.325. The summed E-state index contributed by atoms with van der Waals surface area (Å²) in [6.45, 7) is 11.2. The minimum absolute atomic E-state index is 0.352. The zero-order valence-electron chi connectivity index (χ0n) is 11.0. The van der Waals surface area contributed by atoms with E-state index in [1.54, 1.807) is 11.3 Å². The molecule has 0 unspecified atom stereocenters. The Kier molecular flexibility index (Phi) is 5.42. The van der Waals surface area contributed by atoms with Crippen LogP contribution in [-0.2, 0) is 6.42 Å². The van der Waals surface area contributed by atoms with Crippen LogP contribution in [0.4, 0.5) is 0 Å². The molecule has 92 valence electrons. The van der Waals surface area contributed by atoms with Crippen molar-refractivity contribution in [2.24, 2.45) is 5.41 Å². The van der Waals surface area contributed by atoms with E-state index in [0.717, 1.165) is 25.2 Å². The van der Waals surface area contributed by atoms with Gasteiger partial charge in [0.05, 0.1) is 5.01 Å². The number of hydrogen-bond acceptors (Lipinski definition) is 3. The fourth-order valence-electron chi connectivity index (χ4n) is 1.71. The van der Waals surface area contributed by atoms with Crippen molar-refractivity contribution in [2.45, 2.75) is 47.0 Å². The SMILES string of the molecule is CCCNCCC(C)(C)Cc1nc(C)cs1. The summed E-state index contributed by atoms with van der Waals surface area (Å²) in [6.07, 6.45) is 3.52. The quantitative estimate of drug-likeness (QED) is 0.739. The molecule has 0 bridgehead atoms. The molecule has 0 amide bonds. The molecule has 0 atom stereocenters. The third kappa shape index (κ3) is 5.08. The van der Waals surface area contributed by atoms with E-state index >= 15 is 0 Å². The van der Waals surface area contributed by atoms with Gasteiger partial charge in [-0.05, 0) is 38.3 Å². The molecule has 16 heavy (non-hydrogen) atoms. The van der Waals surface area contributed by atoms with E-state index in [2.05, 4.69) is 43.4 Å². The maximum absolute atomic E-state index is 4.54. The van der Waals surface area contributed by atoms with E-state index < -0.39 is 0 Å². The van der Waals surface area contributed by atoms with Gasteiger partial charge in [0.25, 0.3) is 0 Å². The van der Waals surface area contributed by atoms with Crippen LogP contribution in [0.25, 0.3) is 0 Å². The number of nitrogens with one attached hydrogen (secondary N) is 1. The fraction of sp³-hybridized carbons (Fsp3) is 0.769. The van der Waals surface area contributed by atoms with E-state index in [4.69, 9.17) is 0 Å². The van der Waals surface area contributed by atoms with Crippen molar-refractivity contribution in [3.05, 3.63) is 16.1 Å². The Balaban J connectivity index is 2.33. The van der Waals surface area contributed by atoms with E-state index in [1.807, 2.05) is 0 Å². The molecule has 0 saturated heterocycles. The predicted octanol–water partition coefficient (Wildman–Crippen LogP) is 3.41. The predicted molar refractivity (Wildman–Crippen MR) is 72.1 cm³/mol. The lowest BCUT2D eigenvalue weighted by Gasteiger charge is -2.23. The Hall–Kier alpha value is -0.410. The van der Waals surface area contributed by atoms with Gasteiger partial charge < -0.3 is 5.32 Å². The summed E-state index contributed by atoms with van der Waals surface area (Å²) in [5.41, 5.74) is 1.50. The van der Waals surface area contributed by atoms with Gasteiger partial charge in [-0.3, -0.25) is 0 Å². The standard InChI is InChI=1S/C13H24N2S/c1-5-7-14-8-6-13(3,4)9-12-15-11(2)10-16-12/h10,14H,5-9H2,1-4H3. The number of thiazole rings is 1. The van der Waals surface area contributed by atoms with Crippen molar-refractivity contribution in [2.75, 3.05) is 13.1 Å². The molecular formula is C13H24N2S. The number of hydrogen-bond donors (Lipinski definition) is 1. The van der Waals surface area contributed by atoms with Crippen LogP contribution in [0.15, 0.2) is 5.38 Å². The first-order valence-corrected chi connectivity index (χ1v) is 7.03. The summed E-state index contributed by atoms with van der Waals surface area (Å²) in [4.78, 5) is 4.54. The molecule has 0 aliphatic carbocycles. The molecule has 0 aromatic carbocycles. The molecule has 0 radical (unpaired) electrons. The molecule has 1 rings (SSSR count). The van der Waals surface area contributed by atoms with Crippen molar-refractivity contribution in [3.8, 4) is 0 Å². The molecule has 0 fully saturated rings. The first kappa shape index (κ1) is 13.7. The Morgan fingerprint density at radius 1 is 1.38 bits per heavy atom. The third-order valence-electron chi connectivity index (χ3n) is 2.70. The molecule has 0 aliphatic heterocycles. The van der Waals surface area contributed by atoms with Crippen LogP contribution in [0.5, 0.6) is 0 Å². The van der Waals surface area contributed by atoms with Crippen molar-refractivity contribution in [1.29, 1.82) is 0 Å². The Morgan fingerprint density at radius 3 is 2.69 bits per heavy atom. The van der Waals surface area contributed by atoms with Gasteiger partial charge in [-0.1, -0.05) is 20.8 Å². The molecule has 0 spiro atoms. The maximum atomic E-state index is 4.54. The summed E-state index contributed by atoms with van der Waals surface area (Å²) in [5.74, 6) is 0. The molecule has 1 heterocycles. The maximum Gasteiger partial charge on any atom is 0.0933 e. The van der Waals surface area contributed by atoms with Crippen LogP contribution in [0.2, 0.25) is 0 Å². The van der Waals surface area contributed by atoms with Gasteiger partial charge >= 0.3 is 0 Å². The van der Waals surface area contributed by atoms with Crippen molar-refractivity contribution >= 4 is 11.3 Å². The monoisotopic (exact) mass is 240 g/mol. The topological polar surface area (TPSA) is 24.9 Å². The van der Waals surface area contributed by atoms with Crippen LogP contribution < -0.4 is 5.32 Å². The van der Waals surface area contributed by atoms with Gasteiger partial charge in [-0.15, -0.1) is 11.3 Å². The lowest BCUT2D eigenvalue weighted by atomic mass is 9.86. The molecule has 1 N–H and O–H groups in total. The van der Waals surface area contributed by atoms with Gasteiger partial charge in [0.15, 0.2) is 0 Å². The molecule has 1 aromatic rings. The molecular weight excluding hydrogens is 216 g/mol. The van der Waals surface area contributed by atoms with E-state index in [9.17, 15) is 0 Å². The van der Waals surface area contributed by atoms with Crippen LogP contribution in [0.3, 0.4) is 0 Å². The molecule has 0 aliphatic rings. The molecule has 2 nitrogen and oxygen atoms in total. The molecule has 0 saturated carbocycles. The summed E-state index contributed by atoms with van der Waals surface area (Å²) in [7, 11) is 0. The second kappa shape index (κ2) is 6.36. The second-order valence-electron chi connectivity index (χ2n) is 5.22. The zero-order chi connectivity index (χ0) is 12.0.